The molecule has 0 N–H and O–H groups in total. The van der Waals surface area contributed by atoms with Crippen molar-refractivity contribution in [3.05, 3.63) is 131 Å². The van der Waals surface area contributed by atoms with Crippen molar-refractivity contribution >= 4 is 6.08 Å². The van der Waals surface area contributed by atoms with Gasteiger partial charge in [-0.25, -0.2) is 4.57 Å². The van der Waals surface area contributed by atoms with Gasteiger partial charge < -0.3 is 0 Å². The maximum atomic E-state index is 3.83. The first-order valence-electron chi connectivity index (χ1n) is 11.2. The monoisotopic (exact) mass is 402 g/mol. The number of hydrogen-bond acceptors (Lipinski definition) is 0. The number of benzene rings is 3. The van der Waals surface area contributed by atoms with Crippen LogP contribution in [0.25, 0.3) is 17.2 Å². The highest BCUT2D eigenvalue weighted by molar-refractivity contribution is 5.67. The van der Waals surface area contributed by atoms with Crippen molar-refractivity contribution in [3.8, 4) is 11.1 Å². The van der Waals surface area contributed by atoms with Gasteiger partial charge in [0.1, 0.15) is 0 Å². The minimum Gasteiger partial charge on any atom is -0.201 e. The number of rotatable bonds is 4. The molecule has 4 aliphatic carbocycles. The molecule has 1 aromatic heterocycles. The average Bonchev–Trinajstić information content (AvgIpc) is 2.82. The van der Waals surface area contributed by atoms with E-state index >= 15 is 0 Å². The first-order valence-corrected chi connectivity index (χ1v) is 11.2. The van der Waals surface area contributed by atoms with E-state index in [4.69, 9.17) is 0 Å². The average molecular weight is 403 g/mol. The molecule has 0 amide bonds. The molecule has 4 aliphatic rings. The van der Waals surface area contributed by atoms with Gasteiger partial charge in [0.15, 0.2) is 18.9 Å². The molecule has 0 spiro atoms. The van der Waals surface area contributed by atoms with Crippen LogP contribution in [0.5, 0.6) is 0 Å². The zero-order valence-electron chi connectivity index (χ0n) is 17.9. The van der Waals surface area contributed by atoms with E-state index in [0.29, 0.717) is 0 Å². The third-order valence-electron chi connectivity index (χ3n) is 6.37. The van der Waals surface area contributed by atoms with Gasteiger partial charge in [-0.1, -0.05) is 79.4 Å². The van der Waals surface area contributed by atoms with Crippen LogP contribution < -0.4 is 4.57 Å². The molecule has 0 aliphatic heterocycles. The fourth-order valence-electron chi connectivity index (χ4n) is 4.42. The van der Waals surface area contributed by atoms with E-state index in [1.54, 1.807) is 0 Å². The molecule has 1 heterocycles. The standard InChI is InChI=1S/C30H28N/c1-2-23-3-11-27(12-4-23)22-31-19-17-29(18-20-31)30-21-26-10-9-24-5-7-25(8-6-24)13-15-28(30)16-14-26/h2-8,11-12,14,16-21H,1,9-10,13,15,22H2/q+1. The second-order valence-corrected chi connectivity index (χ2v) is 8.51. The van der Waals surface area contributed by atoms with Crippen LogP contribution in [0.2, 0.25) is 0 Å². The van der Waals surface area contributed by atoms with Gasteiger partial charge >= 0.3 is 0 Å². The summed E-state index contributed by atoms with van der Waals surface area (Å²) in [5.41, 5.74) is 10.9. The van der Waals surface area contributed by atoms with E-state index in [-0.39, 0.29) is 0 Å². The molecule has 4 aromatic rings. The lowest BCUT2D eigenvalue weighted by Crippen LogP contribution is -2.33. The molecule has 8 rings (SSSR count). The van der Waals surface area contributed by atoms with E-state index in [0.717, 1.165) is 37.8 Å². The summed E-state index contributed by atoms with van der Waals surface area (Å²) in [4.78, 5) is 0. The van der Waals surface area contributed by atoms with Crippen molar-refractivity contribution in [2.75, 3.05) is 0 Å². The molecule has 1 heteroatoms. The van der Waals surface area contributed by atoms with Crippen molar-refractivity contribution in [1.82, 2.24) is 0 Å². The normalized spacial score (nSPS) is 12.9. The van der Waals surface area contributed by atoms with Gasteiger partial charge in [0.25, 0.3) is 0 Å². The van der Waals surface area contributed by atoms with Gasteiger partial charge in [-0.3, -0.25) is 0 Å². The summed E-state index contributed by atoms with van der Waals surface area (Å²) < 4.78 is 2.25. The smallest absolute Gasteiger partial charge is 0.173 e. The maximum absolute atomic E-state index is 3.83. The highest BCUT2D eigenvalue weighted by Gasteiger charge is 2.11. The molecule has 0 radical (unpaired) electrons. The van der Waals surface area contributed by atoms with Gasteiger partial charge in [-0.05, 0) is 64.6 Å². The highest BCUT2D eigenvalue weighted by atomic mass is 14.9. The summed E-state index contributed by atoms with van der Waals surface area (Å²) >= 11 is 0. The number of hydrogen-bond donors (Lipinski definition) is 0. The van der Waals surface area contributed by atoms with Gasteiger partial charge in [-0.2, -0.15) is 0 Å². The van der Waals surface area contributed by atoms with Gasteiger partial charge in [0, 0.05) is 17.7 Å². The minimum atomic E-state index is 0.875. The fraction of sp³-hybridized carbons (Fsp3) is 0.167. The number of pyridine rings is 1. The second-order valence-electron chi connectivity index (χ2n) is 8.51. The molecule has 4 bridgehead atoms. The Morgan fingerprint density at radius 1 is 0.677 bits per heavy atom. The summed E-state index contributed by atoms with van der Waals surface area (Å²) in [6.45, 7) is 4.71. The van der Waals surface area contributed by atoms with Crippen molar-refractivity contribution in [2.45, 2.75) is 32.2 Å². The predicted molar refractivity (Wildman–Crippen MR) is 129 cm³/mol. The number of nitrogens with zero attached hydrogens (tertiary/aromatic N) is 1. The maximum Gasteiger partial charge on any atom is 0.173 e. The molecule has 0 fully saturated rings. The number of aryl methyl sites for hydroxylation is 4. The van der Waals surface area contributed by atoms with Crippen LogP contribution in [0.3, 0.4) is 0 Å². The third-order valence-corrected chi connectivity index (χ3v) is 6.37. The second kappa shape index (κ2) is 8.73. The Labute approximate surface area is 185 Å². The quantitative estimate of drug-likeness (QED) is 0.357. The molecule has 1 nitrogen and oxygen atoms in total. The Hall–Kier alpha value is -3.45. The van der Waals surface area contributed by atoms with E-state index in [1.807, 2.05) is 6.08 Å². The molecular weight excluding hydrogens is 374 g/mol. The van der Waals surface area contributed by atoms with Gasteiger partial charge in [0.2, 0.25) is 0 Å². The largest absolute Gasteiger partial charge is 0.201 e. The summed E-state index contributed by atoms with van der Waals surface area (Å²) in [5.74, 6) is 0. The number of aromatic nitrogens is 1. The summed E-state index contributed by atoms with van der Waals surface area (Å²) in [7, 11) is 0. The Morgan fingerprint density at radius 3 is 1.97 bits per heavy atom. The topological polar surface area (TPSA) is 3.88 Å². The molecular formula is C30H28N+. The summed E-state index contributed by atoms with van der Waals surface area (Å²) in [6, 6.07) is 29.4. The Kier molecular flexibility index (Phi) is 5.50. The lowest BCUT2D eigenvalue weighted by molar-refractivity contribution is -0.688. The molecule has 0 unspecified atom stereocenters. The third kappa shape index (κ3) is 4.51. The lowest BCUT2D eigenvalue weighted by Gasteiger charge is -2.14. The molecule has 152 valence electrons. The fourth-order valence-corrected chi connectivity index (χ4v) is 4.42. The van der Waals surface area contributed by atoms with Crippen molar-refractivity contribution in [2.24, 2.45) is 0 Å². The van der Waals surface area contributed by atoms with E-state index in [9.17, 15) is 0 Å². The van der Waals surface area contributed by atoms with E-state index in [1.165, 1.54) is 38.9 Å². The van der Waals surface area contributed by atoms with Gasteiger partial charge in [-0.15, -0.1) is 0 Å². The molecule has 31 heavy (non-hydrogen) atoms. The van der Waals surface area contributed by atoms with E-state index in [2.05, 4.69) is 102 Å². The van der Waals surface area contributed by atoms with Gasteiger partial charge in [0.05, 0.1) is 0 Å². The first-order chi connectivity index (χ1) is 15.3. The van der Waals surface area contributed by atoms with E-state index < -0.39 is 0 Å². The summed E-state index contributed by atoms with van der Waals surface area (Å²) in [5, 5.41) is 0. The highest BCUT2D eigenvalue weighted by Crippen LogP contribution is 2.27. The Bertz CT molecular complexity index is 1180. The van der Waals surface area contributed by atoms with Crippen molar-refractivity contribution in [1.29, 1.82) is 0 Å². The Balaban J connectivity index is 1.41. The van der Waals surface area contributed by atoms with Crippen molar-refractivity contribution in [3.63, 3.8) is 0 Å². The van der Waals surface area contributed by atoms with Crippen LogP contribution in [-0.2, 0) is 32.2 Å². The Morgan fingerprint density at radius 2 is 1.29 bits per heavy atom. The minimum absolute atomic E-state index is 0.875. The van der Waals surface area contributed by atoms with Crippen LogP contribution in [0, 0.1) is 0 Å². The lowest BCUT2D eigenvalue weighted by atomic mass is 9.91. The van der Waals surface area contributed by atoms with Crippen molar-refractivity contribution < 1.29 is 4.57 Å². The van der Waals surface area contributed by atoms with Crippen LogP contribution in [-0.4, -0.2) is 0 Å². The molecule has 3 aromatic carbocycles. The predicted octanol–water partition coefficient (Wildman–Crippen LogP) is 6.22. The first kappa shape index (κ1) is 19.5. The molecule has 0 atom stereocenters. The summed E-state index contributed by atoms with van der Waals surface area (Å²) in [6.07, 6.45) is 10.6. The zero-order valence-corrected chi connectivity index (χ0v) is 17.9. The zero-order chi connectivity index (χ0) is 21.0. The van der Waals surface area contributed by atoms with Crippen LogP contribution in [0.1, 0.15) is 33.4 Å². The van der Waals surface area contributed by atoms with Crippen LogP contribution in [0.4, 0.5) is 0 Å². The van der Waals surface area contributed by atoms with Crippen LogP contribution >= 0.6 is 0 Å². The molecule has 0 saturated heterocycles. The molecule has 0 saturated carbocycles. The van der Waals surface area contributed by atoms with Crippen LogP contribution in [0.15, 0.2) is 97.8 Å². The SMILES string of the molecule is C=Cc1ccc(C[n+]2ccc(-c3cc4ccc3CCc3ccc(cc3)CC4)cc2)cc1.